The average molecular weight is 440 g/mol. The molecule has 9 nitrogen and oxygen atoms in total. The van der Waals surface area contributed by atoms with Gasteiger partial charge in [-0.05, 0) is 30.4 Å². The predicted octanol–water partition coefficient (Wildman–Crippen LogP) is -0.171. The third kappa shape index (κ3) is 3.80. The maximum absolute atomic E-state index is 13.2. The Hall–Kier alpha value is -2.78. The van der Waals surface area contributed by atoms with Gasteiger partial charge >= 0.3 is 0 Å². The van der Waals surface area contributed by atoms with Crippen LogP contribution in [0, 0.1) is 5.92 Å². The van der Waals surface area contributed by atoms with E-state index in [4.69, 9.17) is 5.73 Å². The minimum atomic E-state index is -0.607. The summed E-state index contributed by atoms with van der Waals surface area (Å²) in [6, 6.07) is 5.41. The zero-order valence-electron chi connectivity index (χ0n) is 18.1. The van der Waals surface area contributed by atoms with E-state index in [-0.39, 0.29) is 36.1 Å². The molecule has 0 spiro atoms. The van der Waals surface area contributed by atoms with Crippen molar-refractivity contribution in [2.24, 2.45) is 11.7 Å². The molecule has 4 aliphatic rings. The quantitative estimate of drug-likeness (QED) is 0.630. The summed E-state index contributed by atoms with van der Waals surface area (Å²) in [6.07, 6.45) is 2.33. The van der Waals surface area contributed by atoms with E-state index in [2.05, 4.69) is 10.2 Å². The molecule has 170 valence electrons. The van der Waals surface area contributed by atoms with E-state index < -0.39 is 11.9 Å². The molecule has 3 saturated heterocycles. The second kappa shape index (κ2) is 8.29. The standard InChI is InChI=1S/C23H29N5O4/c24-17-6-8-27(9-7-17)22(31)16-11-26(12-16)10-14-2-1-3-15-13-28(23(32)20(14)15)18-4-5-19(29)25-21(18)30/h1-3,16-18H,4-13,24H2,(H,25,29,30). The van der Waals surface area contributed by atoms with E-state index in [0.717, 1.165) is 37.1 Å². The largest absolute Gasteiger partial charge is 0.342 e. The van der Waals surface area contributed by atoms with Gasteiger partial charge in [0.1, 0.15) is 6.04 Å². The first-order chi connectivity index (χ1) is 15.4. The minimum absolute atomic E-state index is 0.0109. The number of imide groups is 1. The Labute approximate surface area is 186 Å². The SMILES string of the molecule is NC1CCN(C(=O)C2CN(Cc3cccc4c3C(=O)N(C3CCC(=O)NC3=O)C4)C2)CC1. The summed E-state index contributed by atoms with van der Waals surface area (Å²) in [5, 5.41) is 2.34. The normalized spacial score (nSPS) is 25.0. The molecule has 3 N–H and O–H groups in total. The van der Waals surface area contributed by atoms with Gasteiger partial charge in [-0.15, -0.1) is 0 Å². The lowest BCUT2D eigenvalue weighted by Crippen LogP contribution is -2.55. The van der Waals surface area contributed by atoms with Crippen molar-refractivity contribution in [3.63, 3.8) is 0 Å². The van der Waals surface area contributed by atoms with Crippen LogP contribution in [0.25, 0.3) is 0 Å². The fourth-order valence-corrected chi connectivity index (χ4v) is 5.30. The Balaban J connectivity index is 1.21. The summed E-state index contributed by atoms with van der Waals surface area (Å²) in [6.45, 7) is 3.85. The molecular formula is C23H29N5O4. The number of benzene rings is 1. The van der Waals surface area contributed by atoms with Crippen molar-refractivity contribution in [3.8, 4) is 0 Å². The van der Waals surface area contributed by atoms with Gasteiger partial charge in [-0.1, -0.05) is 18.2 Å². The van der Waals surface area contributed by atoms with Crippen molar-refractivity contribution >= 4 is 23.6 Å². The highest BCUT2D eigenvalue weighted by Gasteiger charge is 2.41. The number of hydrogen-bond acceptors (Lipinski definition) is 6. The van der Waals surface area contributed by atoms with E-state index in [0.29, 0.717) is 38.2 Å². The lowest BCUT2D eigenvalue weighted by atomic mass is 9.94. The molecule has 3 fully saturated rings. The van der Waals surface area contributed by atoms with Crippen LogP contribution in [0.4, 0.5) is 0 Å². The number of amides is 4. The van der Waals surface area contributed by atoms with Gasteiger partial charge in [0.15, 0.2) is 0 Å². The zero-order chi connectivity index (χ0) is 22.4. The van der Waals surface area contributed by atoms with Gasteiger partial charge in [-0.2, -0.15) is 0 Å². The van der Waals surface area contributed by atoms with Gasteiger partial charge in [0.05, 0.1) is 5.92 Å². The summed E-state index contributed by atoms with van der Waals surface area (Å²) in [4.78, 5) is 55.4. The van der Waals surface area contributed by atoms with Crippen LogP contribution in [0.5, 0.6) is 0 Å². The molecule has 1 atom stereocenters. The summed E-state index contributed by atoms with van der Waals surface area (Å²) in [5.74, 6) is -0.608. The molecule has 0 aromatic heterocycles. The number of piperidine rings is 2. The molecule has 4 heterocycles. The van der Waals surface area contributed by atoms with Crippen LogP contribution in [-0.2, 0) is 27.5 Å². The first-order valence-electron chi connectivity index (χ1n) is 11.4. The van der Waals surface area contributed by atoms with Crippen LogP contribution in [0.2, 0.25) is 0 Å². The minimum Gasteiger partial charge on any atom is -0.342 e. The van der Waals surface area contributed by atoms with E-state index in [1.807, 2.05) is 23.1 Å². The van der Waals surface area contributed by atoms with Crippen molar-refractivity contribution in [2.75, 3.05) is 26.2 Å². The summed E-state index contributed by atoms with van der Waals surface area (Å²) >= 11 is 0. The maximum Gasteiger partial charge on any atom is 0.255 e. The van der Waals surface area contributed by atoms with Crippen LogP contribution in [0.3, 0.4) is 0 Å². The Kier molecular flexibility index (Phi) is 5.46. The second-order valence-corrected chi connectivity index (χ2v) is 9.40. The predicted molar refractivity (Wildman–Crippen MR) is 115 cm³/mol. The fourth-order valence-electron chi connectivity index (χ4n) is 5.30. The molecule has 4 aliphatic heterocycles. The van der Waals surface area contributed by atoms with Crippen LogP contribution in [0.15, 0.2) is 18.2 Å². The number of nitrogens with zero attached hydrogens (tertiary/aromatic N) is 3. The number of rotatable bonds is 4. The topological polar surface area (TPSA) is 116 Å². The van der Waals surface area contributed by atoms with Gasteiger partial charge in [-0.25, -0.2) is 0 Å². The second-order valence-electron chi connectivity index (χ2n) is 9.40. The van der Waals surface area contributed by atoms with E-state index in [1.54, 1.807) is 4.90 Å². The third-order valence-corrected chi connectivity index (χ3v) is 7.19. The zero-order valence-corrected chi connectivity index (χ0v) is 18.1. The molecule has 1 aromatic carbocycles. The lowest BCUT2D eigenvalue weighted by Gasteiger charge is -2.42. The molecule has 0 bridgehead atoms. The number of nitrogens with one attached hydrogen (secondary N) is 1. The summed E-state index contributed by atoms with van der Waals surface area (Å²) in [7, 11) is 0. The molecule has 4 amide bonds. The van der Waals surface area contributed by atoms with Crippen molar-refractivity contribution in [2.45, 2.75) is 50.9 Å². The van der Waals surface area contributed by atoms with Crippen molar-refractivity contribution < 1.29 is 19.2 Å². The highest BCUT2D eigenvalue weighted by Crippen LogP contribution is 2.32. The van der Waals surface area contributed by atoms with E-state index >= 15 is 0 Å². The smallest absolute Gasteiger partial charge is 0.255 e. The molecule has 0 saturated carbocycles. The Morgan fingerprint density at radius 3 is 2.56 bits per heavy atom. The monoisotopic (exact) mass is 439 g/mol. The molecular weight excluding hydrogens is 410 g/mol. The fraction of sp³-hybridized carbons (Fsp3) is 0.565. The van der Waals surface area contributed by atoms with Crippen molar-refractivity contribution in [1.29, 1.82) is 0 Å². The molecule has 0 aliphatic carbocycles. The maximum atomic E-state index is 13.2. The van der Waals surface area contributed by atoms with Gasteiger partial charge in [0.25, 0.3) is 5.91 Å². The molecule has 1 unspecified atom stereocenters. The average Bonchev–Trinajstić information content (AvgIpc) is 3.07. The van der Waals surface area contributed by atoms with Crippen LogP contribution in [0.1, 0.15) is 47.2 Å². The molecule has 32 heavy (non-hydrogen) atoms. The van der Waals surface area contributed by atoms with Crippen molar-refractivity contribution in [1.82, 2.24) is 20.0 Å². The Morgan fingerprint density at radius 2 is 1.84 bits per heavy atom. The van der Waals surface area contributed by atoms with Crippen molar-refractivity contribution in [3.05, 3.63) is 34.9 Å². The number of nitrogens with two attached hydrogens (primary N) is 1. The first-order valence-corrected chi connectivity index (χ1v) is 11.4. The number of hydrogen-bond donors (Lipinski definition) is 2. The van der Waals surface area contributed by atoms with Gasteiger partial charge < -0.3 is 15.5 Å². The van der Waals surface area contributed by atoms with E-state index in [1.165, 1.54) is 0 Å². The van der Waals surface area contributed by atoms with Gasteiger partial charge in [0, 0.05) is 57.3 Å². The van der Waals surface area contributed by atoms with Gasteiger partial charge in [0.2, 0.25) is 17.7 Å². The lowest BCUT2D eigenvalue weighted by molar-refractivity contribution is -0.142. The Morgan fingerprint density at radius 1 is 1.09 bits per heavy atom. The van der Waals surface area contributed by atoms with Crippen LogP contribution < -0.4 is 11.1 Å². The number of carbonyl (C=O) groups is 4. The number of carbonyl (C=O) groups excluding carboxylic acids is 4. The molecule has 0 radical (unpaired) electrons. The molecule has 1 aromatic rings. The summed E-state index contributed by atoms with van der Waals surface area (Å²) in [5.41, 5.74) is 8.44. The number of fused-ring (bicyclic) bond motifs is 1. The van der Waals surface area contributed by atoms with Gasteiger partial charge in [-0.3, -0.25) is 29.4 Å². The molecule has 9 heteroatoms. The highest BCUT2D eigenvalue weighted by atomic mass is 16.2. The molecule has 5 rings (SSSR count). The van der Waals surface area contributed by atoms with E-state index in [9.17, 15) is 19.2 Å². The van der Waals surface area contributed by atoms with Crippen LogP contribution >= 0.6 is 0 Å². The number of likely N-dealkylation sites (tertiary alicyclic amines) is 2. The highest BCUT2D eigenvalue weighted by molar-refractivity contribution is 6.06. The summed E-state index contributed by atoms with van der Waals surface area (Å²) < 4.78 is 0. The first kappa shape index (κ1) is 21.1. The van der Waals surface area contributed by atoms with Crippen LogP contribution in [-0.4, -0.2) is 76.6 Å². The Bertz CT molecular complexity index is 965. The third-order valence-electron chi connectivity index (χ3n) is 7.19.